The van der Waals surface area contributed by atoms with Gasteiger partial charge in [0.25, 0.3) is 5.82 Å². The quantitative estimate of drug-likeness (QED) is 0.787. The van der Waals surface area contributed by atoms with Crippen LogP contribution in [0.3, 0.4) is 0 Å². The van der Waals surface area contributed by atoms with Crippen molar-refractivity contribution in [2.24, 2.45) is 0 Å². The Kier molecular flexibility index (Phi) is 4.19. The highest BCUT2D eigenvalue weighted by atomic mass is 16.5. The Bertz CT molecular complexity index is 496. The molecule has 1 aromatic heterocycles. The molecular formula is C14H22N4O3. The summed E-state index contributed by atoms with van der Waals surface area (Å²) in [5.41, 5.74) is 0.0705. The summed E-state index contributed by atoms with van der Waals surface area (Å²) < 4.78 is 12.8. The van der Waals surface area contributed by atoms with Crippen molar-refractivity contribution in [2.75, 3.05) is 6.61 Å². The molecule has 7 heteroatoms. The first-order valence-electron chi connectivity index (χ1n) is 7.83. The maximum atomic E-state index is 11.8. The van der Waals surface area contributed by atoms with Crippen LogP contribution in [-0.4, -0.2) is 44.5 Å². The van der Waals surface area contributed by atoms with Gasteiger partial charge < -0.3 is 9.47 Å². The van der Waals surface area contributed by atoms with Crippen LogP contribution in [0.1, 0.15) is 62.5 Å². The van der Waals surface area contributed by atoms with Gasteiger partial charge in [-0.2, -0.15) is 0 Å². The Labute approximate surface area is 124 Å². The Hall–Kier alpha value is -1.50. The van der Waals surface area contributed by atoms with Gasteiger partial charge in [0, 0.05) is 0 Å². The number of tetrazole rings is 1. The number of carbonyl (C=O) groups is 1. The van der Waals surface area contributed by atoms with E-state index in [-0.39, 0.29) is 17.5 Å². The zero-order valence-electron chi connectivity index (χ0n) is 12.5. The second-order valence-electron chi connectivity index (χ2n) is 5.93. The Morgan fingerprint density at radius 1 is 1.38 bits per heavy atom. The van der Waals surface area contributed by atoms with Gasteiger partial charge in [-0.25, -0.2) is 9.48 Å². The van der Waals surface area contributed by atoms with E-state index in [1.807, 2.05) is 0 Å². The number of nitrogens with zero attached hydrogens (tertiary/aromatic N) is 4. The summed E-state index contributed by atoms with van der Waals surface area (Å²) in [5, 5.41) is 11.2. The van der Waals surface area contributed by atoms with E-state index in [0.717, 1.165) is 25.7 Å². The third-order valence-corrected chi connectivity index (χ3v) is 4.47. The first-order chi connectivity index (χ1) is 10.2. The van der Waals surface area contributed by atoms with Crippen molar-refractivity contribution in [3.63, 3.8) is 0 Å². The van der Waals surface area contributed by atoms with Crippen molar-refractivity contribution >= 4 is 5.97 Å². The minimum Gasteiger partial charge on any atom is -0.460 e. The van der Waals surface area contributed by atoms with E-state index in [4.69, 9.17) is 9.47 Å². The van der Waals surface area contributed by atoms with Gasteiger partial charge in [-0.15, -0.1) is 5.10 Å². The zero-order chi connectivity index (χ0) is 14.7. The first-order valence-corrected chi connectivity index (χ1v) is 7.83. The highest BCUT2D eigenvalue weighted by molar-refractivity contribution is 5.85. The molecule has 3 rings (SSSR count). The molecule has 1 aromatic rings. The fraction of sp³-hybridized carbons (Fsp3) is 0.857. The van der Waals surface area contributed by atoms with Crippen LogP contribution in [0.5, 0.6) is 0 Å². The van der Waals surface area contributed by atoms with Gasteiger partial charge >= 0.3 is 5.97 Å². The summed E-state index contributed by atoms with van der Waals surface area (Å²) in [6, 6.07) is 0. The smallest absolute Gasteiger partial charge is 0.378 e. The van der Waals surface area contributed by atoms with E-state index in [1.165, 1.54) is 23.9 Å². The lowest BCUT2D eigenvalue weighted by Gasteiger charge is -2.33. The SMILES string of the molecule is CCOC(=O)c1nnnn1CC1CCC2(CCCCC2)O1. The minimum atomic E-state index is -0.479. The standard InChI is InChI=1S/C14H22N4O3/c1-2-20-13(19)12-15-16-17-18(12)10-11-6-9-14(21-11)7-4-3-5-8-14/h11H,2-10H2,1H3. The molecule has 116 valence electrons. The van der Waals surface area contributed by atoms with Crippen molar-refractivity contribution in [1.82, 2.24) is 20.2 Å². The van der Waals surface area contributed by atoms with Gasteiger partial charge in [0.05, 0.1) is 24.9 Å². The van der Waals surface area contributed by atoms with Crippen molar-refractivity contribution in [3.8, 4) is 0 Å². The monoisotopic (exact) mass is 294 g/mol. The maximum Gasteiger partial charge on any atom is 0.378 e. The number of hydrogen-bond acceptors (Lipinski definition) is 6. The molecule has 1 aliphatic carbocycles. The van der Waals surface area contributed by atoms with Crippen LogP contribution in [0.15, 0.2) is 0 Å². The Morgan fingerprint density at radius 3 is 2.95 bits per heavy atom. The molecule has 1 unspecified atom stereocenters. The average Bonchev–Trinajstić information content (AvgIpc) is 3.08. The van der Waals surface area contributed by atoms with E-state index in [9.17, 15) is 4.79 Å². The molecule has 0 bridgehead atoms. The molecule has 21 heavy (non-hydrogen) atoms. The highest BCUT2D eigenvalue weighted by Gasteiger charge is 2.41. The third-order valence-electron chi connectivity index (χ3n) is 4.47. The van der Waals surface area contributed by atoms with Gasteiger partial charge in [-0.3, -0.25) is 0 Å². The molecule has 1 spiro atoms. The molecule has 1 saturated carbocycles. The summed E-state index contributed by atoms with van der Waals surface area (Å²) in [5.74, 6) is -0.321. The second kappa shape index (κ2) is 6.09. The predicted octanol–water partition coefficient (Wildman–Crippen LogP) is 1.73. The van der Waals surface area contributed by atoms with E-state index >= 15 is 0 Å². The molecule has 2 aliphatic rings. The van der Waals surface area contributed by atoms with Gasteiger partial charge in [-0.1, -0.05) is 19.3 Å². The molecular weight excluding hydrogens is 272 g/mol. The lowest BCUT2D eigenvalue weighted by atomic mass is 9.83. The molecule has 1 saturated heterocycles. The topological polar surface area (TPSA) is 79.1 Å². The molecule has 0 aromatic carbocycles. The predicted molar refractivity (Wildman–Crippen MR) is 73.7 cm³/mol. The number of ether oxygens (including phenoxy) is 2. The molecule has 0 N–H and O–H groups in total. The lowest BCUT2D eigenvalue weighted by molar-refractivity contribution is -0.0691. The average molecular weight is 294 g/mol. The van der Waals surface area contributed by atoms with Crippen molar-refractivity contribution in [2.45, 2.75) is 70.1 Å². The van der Waals surface area contributed by atoms with Crippen LogP contribution in [0.2, 0.25) is 0 Å². The van der Waals surface area contributed by atoms with E-state index < -0.39 is 5.97 Å². The van der Waals surface area contributed by atoms with Crippen molar-refractivity contribution < 1.29 is 14.3 Å². The van der Waals surface area contributed by atoms with Crippen LogP contribution in [0.4, 0.5) is 0 Å². The lowest BCUT2D eigenvalue weighted by Crippen LogP contribution is -2.33. The Balaban J connectivity index is 1.63. The van der Waals surface area contributed by atoms with E-state index in [0.29, 0.717) is 13.2 Å². The molecule has 1 aliphatic heterocycles. The van der Waals surface area contributed by atoms with Crippen LogP contribution in [0, 0.1) is 0 Å². The van der Waals surface area contributed by atoms with Gasteiger partial charge in [0.1, 0.15) is 0 Å². The summed E-state index contributed by atoms with van der Waals surface area (Å²) in [7, 11) is 0. The van der Waals surface area contributed by atoms with E-state index in [1.54, 1.807) is 6.92 Å². The number of hydrogen-bond donors (Lipinski definition) is 0. The molecule has 2 fully saturated rings. The van der Waals surface area contributed by atoms with Crippen LogP contribution >= 0.6 is 0 Å². The first kappa shape index (κ1) is 14.4. The van der Waals surface area contributed by atoms with Gasteiger partial charge in [-0.05, 0) is 43.0 Å². The zero-order valence-corrected chi connectivity index (χ0v) is 12.5. The molecule has 0 radical (unpaired) electrons. The van der Waals surface area contributed by atoms with Crippen LogP contribution < -0.4 is 0 Å². The molecule has 2 heterocycles. The number of esters is 1. The normalized spacial score (nSPS) is 24.3. The maximum absolute atomic E-state index is 11.8. The number of carbonyl (C=O) groups excluding carboxylic acids is 1. The molecule has 7 nitrogen and oxygen atoms in total. The second-order valence-corrected chi connectivity index (χ2v) is 5.93. The molecule has 1 atom stereocenters. The summed E-state index contributed by atoms with van der Waals surface area (Å²) in [6.45, 7) is 2.59. The number of aromatic nitrogens is 4. The van der Waals surface area contributed by atoms with Gasteiger partial charge in [0.15, 0.2) is 0 Å². The van der Waals surface area contributed by atoms with Crippen LogP contribution in [0.25, 0.3) is 0 Å². The fourth-order valence-electron chi connectivity index (χ4n) is 3.45. The van der Waals surface area contributed by atoms with Crippen molar-refractivity contribution in [3.05, 3.63) is 5.82 Å². The third kappa shape index (κ3) is 3.07. The minimum absolute atomic E-state index is 0.0705. The highest BCUT2D eigenvalue weighted by Crippen LogP contribution is 2.42. The van der Waals surface area contributed by atoms with E-state index in [2.05, 4.69) is 15.5 Å². The van der Waals surface area contributed by atoms with Crippen molar-refractivity contribution in [1.29, 1.82) is 0 Å². The summed E-state index contributed by atoms with van der Waals surface area (Å²) in [4.78, 5) is 11.8. The van der Waals surface area contributed by atoms with Gasteiger partial charge in [0.2, 0.25) is 0 Å². The summed E-state index contributed by atoms with van der Waals surface area (Å²) >= 11 is 0. The number of rotatable bonds is 4. The van der Waals surface area contributed by atoms with Crippen LogP contribution in [-0.2, 0) is 16.0 Å². The Morgan fingerprint density at radius 2 is 2.19 bits per heavy atom. The summed E-state index contributed by atoms with van der Waals surface area (Å²) in [6.07, 6.45) is 8.33. The fourth-order valence-corrected chi connectivity index (χ4v) is 3.45. The molecule has 0 amide bonds. The largest absolute Gasteiger partial charge is 0.460 e.